The molecule has 0 radical (unpaired) electrons. The summed E-state index contributed by atoms with van der Waals surface area (Å²) in [7, 11) is 0. The summed E-state index contributed by atoms with van der Waals surface area (Å²) in [4.78, 5) is 0. The fourth-order valence-electron chi connectivity index (χ4n) is 2.73. The van der Waals surface area contributed by atoms with Crippen molar-refractivity contribution in [1.29, 1.82) is 0 Å². The molecule has 1 rings (SSSR count). The molecular weight excluding hydrogens is 260 g/mol. The van der Waals surface area contributed by atoms with E-state index in [1.165, 1.54) is 5.56 Å². The van der Waals surface area contributed by atoms with Gasteiger partial charge in [0.25, 0.3) is 0 Å². The van der Waals surface area contributed by atoms with Crippen LogP contribution in [0.1, 0.15) is 77.5 Å². The van der Waals surface area contributed by atoms with Crippen LogP contribution >= 0.6 is 0 Å². The van der Waals surface area contributed by atoms with Gasteiger partial charge in [0, 0.05) is 0 Å². The Hall–Kier alpha value is -1.02. The largest absolute Gasteiger partial charge is 0.507 e. The molecule has 0 aliphatic rings. The fourth-order valence-corrected chi connectivity index (χ4v) is 2.73. The predicted octanol–water partition coefficient (Wildman–Crippen LogP) is 4.83. The number of hydrogen-bond acceptors (Lipinski definition) is 2. The minimum atomic E-state index is -0.229. The van der Waals surface area contributed by atoms with Crippen molar-refractivity contribution in [2.45, 2.75) is 84.7 Å². The number of aryl methyl sites for hydroxylation is 1. The van der Waals surface area contributed by atoms with E-state index in [0.717, 1.165) is 30.4 Å². The number of aliphatic hydroxyl groups excluding tert-OH is 1. The molecule has 120 valence electrons. The molecule has 1 aromatic carbocycles. The van der Waals surface area contributed by atoms with Crippen LogP contribution in [0.25, 0.3) is 0 Å². The van der Waals surface area contributed by atoms with Gasteiger partial charge < -0.3 is 10.2 Å². The van der Waals surface area contributed by atoms with Crippen molar-refractivity contribution in [3.63, 3.8) is 0 Å². The van der Waals surface area contributed by atoms with E-state index in [9.17, 15) is 10.2 Å². The van der Waals surface area contributed by atoms with Crippen LogP contribution < -0.4 is 0 Å². The van der Waals surface area contributed by atoms with Gasteiger partial charge in [-0.2, -0.15) is 0 Å². The third-order valence-electron chi connectivity index (χ3n) is 4.31. The van der Waals surface area contributed by atoms with Gasteiger partial charge in [-0.15, -0.1) is 0 Å². The predicted molar refractivity (Wildman–Crippen MR) is 90.1 cm³/mol. The number of aliphatic hydroxyl groups is 1. The second kappa shape index (κ2) is 6.39. The van der Waals surface area contributed by atoms with Gasteiger partial charge in [-0.25, -0.2) is 0 Å². The smallest absolute Gasteiger partial charge is 0.122 e. The fraction of sp³-hybridized carbons (Fsp3) is 0.684. The van der Waals surface area contributed by atoms with Crippen molar-refractivity contribution >= 4 is 0 Å². The molecule has 0 aliphatic carbocycles. The van der Waals surface area contributed by atoms with Crippen LogP contribution in [0.15, 0.2) is 12.1 Å². The molecule has 0 saturated carbocycles. The summed E-state index contributed by atoms with van der Waals surface area (Å²) in [5, 5.41) is 19.8. The van der Waals surface area contributed by atoms with Crippen molar-refractivity contribution in [3.8, 4) is 5.75 Å². The van der Waals surface area contributed by atoms with Crippen molar-refractivity contribution < 1.29 is 10.2 Å². The molecule has 2 N–H and O–H groups in total. The standard InChI is InChI=1S/C19H32O2/c1-13-11-15(12-16(17(13)21)18(3,4)5)19(6,7)10-8-9-14(2)20/h11-12,14,20-21H,8-10H2,1-7H3. The number of aromatic hydroxyl groups is 1. The Morgan fingerprint density at radius 3 is 2.14 bits per heavy atom. The van der Waals surface area contributed by atoms with Gasteiger partial charge in [-0.05, 0) is 54.2 Å². The first kappa shape index (κ1) is 18.0. The maximum absolute atomic E-state index is 10.3. The Balaban J connectivity index is 3.09. The lowest BCUT2D eigenvalue weighted by atomic mass is 9.76. The zero-order chi connectivity index (χ0) is 16.4. The van der Waals surface area contributed by atoms with E-state index in [-0.39, 0.29) is 16.9 Å². The topological polar surface area (TPSA) is 40.5 Å². The van der Waals surface area contributed by atoms with Gasteiger partial charge in [0.15, 0.2) is 0 Å². The summed E-state index contributed by atoms with van der Waals surface area (Å²) in [5.74, 6) is 0.422. The molecule has 0 aromatic heterocycles. The molecule has 1 unspecified atom stereocenters. The van der Waals surface area contributed by atoms with Gasteiger partial charge in [-0.3, -0.25) is 0 Å². The van der Waals surface area contributed by atoms with Crippen molar-refractivity contribution in [3.05, 3.63) is 28.8 Å². The van der Waals surface area contributed by atoms with Crippen molar-refractivity contribution in [2.24, 2.45) is 0 Å². The molecule has 0 spiro atoms. The molecule has 0 fully saturated rings. The highest BCUT2D eigenvalue weighted by molar-refractivity contribution is 5.48. The van der Waals surface area contributed by atoms with E-state index in [1.807, 2.05) is 13.8 Å². The van der Waals surface area contributed by atoms with E-state index in [4.69, 9.17) is 0 Å². The summed E-state index contributed by atoms with van der Waals surface area (Å²) in [6.07, 6.45) is 2.65. The third kappa shape index (κ3) is 4.74. The minimum absolute atomic E-state index is 0.0490. The number of phenols is 1. The third-order valence-corrected chi connectivity index (χ3v) is 4.31. The Labute approximate surface area is 130 Å². The summed E-state index contributed by atoms with van der Waals surface area (Å²) in [6, 6.07) is 4.26. The lowest BCUT2D eigenvalue weighted by Gasteiger charge is -2.30. The quantitative estimate of drug-likeness (QED) is 0.816. The van der Waals surface area contributed by atoms with E-state index in [2.05, 4.69) is 46.8 Å². The van der Waals surface area contributed by atoms with Crippen molar-refractivity contribution in [1.82, 2.24) is 0 Å². The van der Waals surface area contributed by atoms with Crippen LogP contribution in [0.4, 0.5) is 0 Å². The molecule has 0 amide bonds. The van der Waals surface area contributed by atoms with Gasteiger partial charge in [0.1, 0.15) is 5.75 Å². The first-order valence-corrected chi connectivity index (χ1v) is 7.98. The van der Waals surface area contributed by atoms with Crippen LogP contribution in [-0.2, 0) is 10.8 Å². The summed E-state index contributed by atoms with van der Waals surface area (Å²) < 4.78 is 0. The number of rotatable bonds is 5. The molecule has 1 aromatic rings. The molecule has 21 heavy (non-hydrogen) atoms. The monoisotopic (exact) mass is 292 g/mol. The van der Waals surface area contributed by atoms with Crippen LogP contribution in [-0.4, -0.2) is 16.3 Å². The lowest BCUT2D eigenvalue weighted by Crippen LogP contribution is -2.20. The Kier molecular flexibility index (Phi) is 5.49. The summed E-state index contributed by atoms with van der Waals surface area (Å²) in [6.45, 7) is 14.7. The second-order valence-corrected chi connectivity index (χ2v) is 8.06. The molecule has 2 nitrogen and oxygen atoms in total. The summed E-state index contributed by atoms with van der Waals surface area (Å²) in [5.41, 5.74) is 3.21. The number of benzene rings is 1. The van der Waals surface area contributed by atoms with E-state index in [1.54, 1.807) is 0 Å². The maximum atomic E-state index is 10.3. The minimum Gasteiger partial charge on any atom is -0.507 e. The van der Waals surface area contributed by atoms with Crippen molar-refractivity contribution in [2.75, 3.05) is 0 Å². The Bertz CT molecular complexity index is 479. The van der Waals surface area contributed by atoms with Gasteiger partial charge >= 0.3 is 0 Å². The molecule has 0 aliphatic heterocycles. The average molecular weight is 292 g/mol. The molecule has 2 heteroatoms. The normalized spacial score (nSPS) is 14.3. The maximum Gasteiger partial charge on any atom is 0.122 e. The van der Waals surface area contributed by atoms with Crippen LogP contribution in [0.5, 0.6) is 5.75 Å². The zero-order valence-electron chi connectivity index (χ0n) is 14.7. The van der Waals surface area contributed by atoms with Gasteiger partial charge in [-0.1, -0.05) is 53.2 Å². The first-order valence-electron chi connectivity index (χ1n) is 7.98. The van der Waals surface area contributed by atoms with E-state index in [0.29, 0.717) is 5.75 Å². The average Bonchev–Trinajstić information content (AvgIpc) is 2.29. The highest BCUT2D eigenvalue weighted by Crippen LogP contribution is 2.38. The summed E-state index contributed by atoms with van der Waals surface area (Å²) >= 11 is 0. The molecule has 1 atom stereocenters. The van der Waals surface area contributed by atoms with Crippen LogP contribution in [0.3, 0.4) is 0 Å². The van der Waals surface area contributed by atoms with E-state index < -0.39 is 0 Å². The van der Waals surface area contributed by atoms with Crippen LogP contribution in [0.2, 0.25) is 0 Å². The Morgan fingerprint density at radius 2 is 1.67 bits per heavy atom. The first-order chi connectivity index (χ1) is 9.45. The number of hydrogen-bond donors (Lipinski definition) is 2. The number of phenolic OH excluding ortho intramolecular Hbond substituents is 1. The SMILES string of the molecule is Cc1cc(C(C)(C)CCCC(C)O)cc(C(C)(C)C)c1O. The lowest BCUT2D eigenvalue weighted by molar-refractivity contribution is 0.177. The Morgan fingerprint density at radius 1 is 1.10 bits per heavy atom. The molecule has 0 saturated heterocycles. The highest BCUT2D eigenvalue weighted by atomic mass is 16.3. The molecule has 0 heterocycles. The second-order valence-electron chi connectivity index (χ2n) is 8.06. The van der Waals surface area contributed by atoms with Gasteiger partial charge in [0.2, 0.25) is 0 Å². The molecular formula is C19H32O2. The molecule has 0 bridgehead atoms. The van der Waals surface area contributed by atoms with Gasteiger partial charge in [0.05, 0.1) is 6.10 Å². The van der Waals surface area contributed by atoms with E-state index >= 15 is 0 Å². The van der Waals surface area contributed by atoms with Crippen LogP contribution in [0, 0.1) is 6.92 Å². The zero-order valence-corrected chi connectivity index (χ0v) is 14.7. The highest BCUT2D eigenvalue weighted by Gasteiger charge is 2.26.